The van der Waals surface area contributed by atoms with Crippen LogP contribution >= 0.6 is 0 Å². The van der Waals surface area contributed by atoms with E-state index in [1.807, 2.05) is 0 Å². The second-order valence-corrected chi connectivity index (χ2v) is 5.33. The van der Waals surface area contributed by atoms with Crippen molar-refractivity contribution in [3.8, 4) is 17.2 Å². The molecular formula is C16H25NO10. The minimum atomic E-state index is -2.27. The van der Waals surface area contributed by atoms with E-state index in [1.165, 1.54) is 21.3 Å². The molecule has 0 heterocycles. The van der Waals surface area contributed by atoms with Crippen LogP contribution in [0.1, 0.15) is 18.6 Å². The molecule has 11 heteroatoms. The monoisotopic (exact) mass is 391 g/mol. The van der Waals surface area contributed by atoms with Crippen molar-refractivity contribution in [2.75, 3.05) is 21.3 Å². The Hall–Kier alpha value is -2.60. The first-order valence-electron chi connectivity index (χ1n) is 7.57. The molecule has 4 atom stereocenters. The molecular weight excluding hydrogens is 366 g/mol. The number of rotatable bonds is 8. The predicted molar refractivity (Wildman–Crippen MR) is 92.0 cm³/mol. The average Bonchev–Trinajstić information content (AvgIpc) is 2.64. The molecule has 27 heavy (non-hydrogen) atoms. The highest BCUT2D eigenvalue weighted by atomic mass is 16.5. The highest BCUT2D eigenvalue weighted by Gasteiger charge is 2.29. The van der Waals surface area contributed by atoms with E-state index >= 15 is 0 Å². The zero-order chi connectivity index (χ0) is 21.3. The maximum absolute atomic E-state index is 9.92. The SMILES string of the molecule is COc1cc([C@@H](O)[C@H](C)N)cc(OC)c1OC.O=C(O)C(O)C(O)C(=O)O. The van der Waals surface area contributed by atoms with Crippen LogP contribution in [0, 0.1) is 0 Å². The van der Waals surface area contributed by atoms with Crippen molar-refractivity contribution in [3.05, 3.63) is 17.7 Å². The number of nitrogens with two attached hydrogens (primary N) is 1. The quantitative estimate of drug-likeness (QED) is 0.318. The summed E-state index contributed by atoms with van der Waals surface area (Å²) in [7, 11) is 4.58. The zero-order valence-corrected chi connectivity index (χ0v) is 15.3. The van der Waals surface area contributed by atoms with Gasteiger partial charge in [-0.25, -0.2) is 9.59 Å². The van der Waals surface area contributed by atoms with E-state index in [0.717, 1.165) is 0 Å². The van der Waals surface area contributed by atoms with Crippen LogP contribution in [0.3, 0.4) is 0 Å². The molecule has 0 spiro atoms. The highest BCUT2D eigenvalue weighted by molar-refractivity contribution is 5.83. The number of ether oxygens (including phenoxy) is 3. The standard InChI is InChI=1S/C12H19NO4.C4H6O6/c1-7(13)11(14)8-5-9(15-2)12(17-4)10(6-8)16-3;5-1(3(7)8)2(6)4(9)10/h5-7,11,14H,13H2,1-4H3;1-2,5-6H,(H,7,8)(H,9,10)/t7-,11-;/m0./s1. The van der Waals surface area contributed by atoms with Gasteiger partial charge >= 0.3 is 11.9 Å². The fraction of sp³-hybridized carbons (Fsp3) is 0.500. The van der Waals surface area contributed by atoms with Gasteiger partial charge in [0.15, 0.2) is 23.7 Å². The Morgan fingerprint density at radius 3 is 1.48 bits per heavy atom. The Morgan fingerprint density at radius 2 is 1.26 bits per heavy atom. The number of benzene rings is 1. The van der Waals surface area contributed by atoms with Crippen LogP contribution < -0.4 is 19.9 Å². The largest absolute Gasteiger partial charge is 0.493 e. The summed E-state index contributed by atoms with van der Waals surface area (Å²) in [5.41, 5.74) is 6.29. The summed E-state index contributed by atoms with van der Waals surface area (Å²) >= 11 is 0. The van der Waals surface area contributed by atoms with Crippen LogP contribution in [0.15, 0.2) is 12.1 Å². The number of aliphatic hydroxyl groups is 3. The number of hydrogen-bond donors (Lipinski definition) is 6. The summed E-state index contributed by atoms with van der Waals surface area (Å²) in [6, 6.07) is 3.00. The molecule has 2 unspecified atom stereocenters. The molecule has 1 rings (SSSR count). The summed E-state index contributed by atoms with van der Waals surface area (Å²) in [5, 5.41) is 42.5. The number of carbonyl (C=O) groups is 2. The van der Waals surface area contributed by atoms with Crippen LogP contribution in [0.25, 0.3) is 0 Å². The van der Waals surface area contributed by atoms with Gasteiger partial charge < -0.3 is 45.5 Å². The van der Waals surface area contributed by atoms with E-state index in [0.29, 0.717) is 22.8 Å². The molecule has 0 saturated heterocycles. The molecule has 0 saturated carbocycles. The lowest BCUT2D eigenvalue weighted by molar-refractivity contribution is -0.165. The lowest BCUT2D eigenvalue weighted by atomic mass is 10.0. The molecule has 0 aliphatic carbocycles. The average molecular weight is 391 g/mol. The van der Waals surface area contributed by atoms with Crippen molar-refractivity contribution in [2.24, 2.45) is 5.73 Å². The number of aliphatic carboxylic acids is 2. The molecule has 0 radical (unpaired) electrons. The predicted octanol–water partition coefficient (Wildman–Crippen LogP) is -1.03. The van der Waals surface area contributed by atoms with E-state index in [1.54, 1.807) is 19.1 Å². The van der Waals surface area contributed by atoms with Crippen LogP contribution in [-0.2, 0) is 9.59 Å². The lowest BCUT2D eigenvalue weighted by Crippen LogP contribution is -2.39. The van der Waals surface area contributed by atoms with Gasteiger partial charge in [-0.2, -0.15) is 0 Å². The Kier molecular flexibility index (Phi) is 10.1. The highest BCUT2D eigenvalue weighted by Crippen LogP contribution is 2.39. The van der Waals surface area contributed by atoms with E-state index < -0.39 is 30.3 Å². The summed E-state index contributed by atoms with van der Waals surface area (Å²) in [6.07, 6.45) is -5.31. The number of methoxy groups -OCH3 is 3. The number of carboxylic acids is 2. The maximum atomic E-state index is 9.92. The van der Waals surface area contributed by atoms with Gasteiger partial charge in [-0.15, -0.1) is 0 Å². The van der Waals surface area contributed by atoms with Gasteiger partial charge in [-0.1, -0.05) is 0 Å². The van der Waals surface area contributed by atoms with E-state index in [4.69, 9.17) is 40.4 Å². The molecule has 0 aromatic heterocycles. The molecule has 0 fully saturated rings. The third-order valence-electron chi connectivity index (χ3n) is 3.33. The minimum Gasteiger partial charge on any atom is -0.493 e. The Morgan fingerprint density at radius 1 is 0.889 bits per heavy atom. The first kappa shape index (κ1) is 24.4. The van der Waals surface area contributed by atoms with Crippen molar-refractivity contribution in [1.29, 1.82) is 0 Å². The molecule has 11 nitrogen and oxygen atoms in total. The van der Waals surface area contributed by atoms with Crippen molar-refractivity contribution >= 4 is 11.9 Å². The van der Waals surface area contributed by atoms with E-state index in [-0.39, 0.29) is 6.04 Å². The molecule has 1 aromatic carbocycles. The molecule has 7 N–H and O–H groups in total. The smallest absolute Gasteiger partial charge is 0.335 e. The summed E-state index contributed by atoms with van der Waals surface area (Å²) < 4.78 is 15.6. The second-order valence-electron chi connectivity index (χ2n) is 5.33. The fourth-order valence-electron chi connectivity index (χ4n) is 1.85. The Labute approximate surface area is 155 Å². The summed E-state index contributed by atoms with van der Waals surface area (Å²) in [6.45, 7) is 1.73. The van der Waals surface area contributed by atoms with Crippen LogP contribution in [0.5, 0.6) is 17.2 Å². The first-order valence-corrected chi connectivity index (χ1v) is 7.57. The van der Waals surface area contributed by atoms with Crippen LogP contribution in [0.2, 0.25) is 0 Å². The van der Waals surface area contributed by atoms with Crippen LogP contribution in [-0.4, -0.2) is 77.1 Å². The van der Waals surface area contributed by atoms with Crippen molar-refractivity contribution in [2.45, 2.75) is 31.3 Å². The second kappa shape index (κ2) is 11.2. The molecule has 0 aliphatic rings. The van der Waals surface area contributed by atoms with Crippen molar-refractivity contribution in [3.63, 3.8) is 0 Å². The molecule has 0 aliphatic heterocycles. The Bertz CT molecular complexity index is 591. The molecule has 1 aromatic rings. The number of hydrogen-bond acceptors (Lipinski definition) is 9. The third-order valence-corrected chi connectivity index (χ3v) is 3.33. The maximum Gasteiger partial charge on any atom is 0.335 e. The van der Waals surface area contributed by atoms with Gasteiger partial charge in [0.25, 0.3) is 0 Å². The van der Waals surface area contributed by atoms with Crippen molar-refractivity contribution < 1.29 is 49.3 Å². The van der Waals surface area contributed by atoms with Gasteiger partial charge in [-0.3, -0.25) is 0 Å². The number of carboxylic acid groups (broad SMARTS) is 2. The minimum absolute atomic E-state index is 0.377. The van der Waals surface area contributed by atoms with Gasteiger partial charge in [0, 0.05) is 6.04 Å². The summed E-state index contributed by atoms with van der Waals surface area (Å²) in [5.74, 6) is -2.04. The summed E-state index contributed by atoms with van der Waals surface area (Å²) in [4.78, 5) is 19.5. The lowest BCUT2D eigenvalue weighted by Gasteiger charge is -2.19. The zero-order valence-electron chi connectivity index (χ0n) is 15.3. The Balaban J connectivity index is 0.000000580. The van der Waals surface area contributed by atoms with E-state index in [9.17, 15) is 14.7 Å². The normalized spacial score (nSPS) is 14.7. The fourth-order valence-corrected chi connectivity index (χ4v) is 1.85. The van der Waals surface area contributed by atoms with Gasteiger partial charge in [0.05, 0.1) is 27.4 Å². The topological polar surface area (TPSA) is 189 Å². The van der Waals surface area contributed by atoms with Gasteiger partial charge in [0.1, 0.15) is 0 Å². The first-order chi connectivity index (χ1) is 12.5. The molecule has 0 amide bonds. The van der Waals surface area contributed by atoms with E-state index in [2.05, 4.69) is 0 Å². The molecule has 0 bridgehead atoms. The third kappa shape index (κ3) is 6.90. The van der Waals surface area contributed by atoms with Crippen LogP contribution in [0.4, 0.5) is 0 Å². The van der Waals surface area contributed by atoms with Crippen molar-refractivity contribution in [1.82, 2.24) is 0 Å². The van der Waals surface area contributed by atoms with Gasteiger partial charge in [-0.05, 0) is 24.6 Å². The molecule has 154 valence electrons. The van der Waals surface area contributed by atoms with Gasteiger partial charge in [0.2, 0.25) is 5.75 Å². The number of aliphatic hydroxyl groups excluding tert-OH is 3.